The third-order valence-corrected chi connectivity index (χ3v) is 7.27. The zero-order valence-corrected chi connectivity index (χ0v) is 22.3. The normalized spacial score (nSPS) is 13.1. The Balaban J connectivity index is 1.49. The van der Waals surface area contributed by atoms with Crippen LogP contribution in [0.3, 0.4) is 0 Å². The number of halogens is 2. The number of Topliss-reactive ketones (excluding diaryl/α,β-unsaturated/α-hetero) is 2. The number of nitrogens with zero attached hydrogens (tertiary/aromatic N) is 1. The van der Waals surface area contributed by atoms with Crippen molar-refractivity contribution in [3.8, 4) is 11.1 Å². The van der Waals surface area contributed by atoms with Crippen LogP contribution >= 0.6 is 0 Å². The minimum Gasteiger partial charge on any atom is -0.322 e. The van der Waals surface area contributed by atoms with E-state index in [2.05, 4.69) is 9.97 Å². The van der Waals surface area contributed by atoms with Crippen LogP contribution in [0.2, 0.25) is 0 Å². The van der Waals surface area contributed by atoms with E-state index in [-0.39, 0.29) is 36.4 Å². The van der Waals surface area contributed by atoms with Crippen molar-refractivity contribution in [3.05, 3.63) is 129 Å². The highest BCUT2D eigenvalue weighted by Crippen LogP contribution is 2.35. The lowest BCUT2D eigenvalue weighted by Gasteiger charge is -2.20. The number of fused-ring (bicyclic) bond motifs is 1. The molecule has 0 radical (unpaired) electrons. The number of hydrogen-bond donors (Lipinski definition) is 1. The van der Waals surface area contributed by atoms with Crippen molar-refractivity contribution in [1.82, 2.24) is 9.97 Å². The van der Waals surface area contributed by atoms with E-state index in [1.807, 2.05) is 24.3 Å². The smallest absolute Gasteiger partial charge is 0.251 e. The molecule has 2 aromatic heterocycles. The molecule has 1 atom stereocenters. The van der Waals surface area contributed by atoms with Crippen LogP contribution in [0.4, 0.5) is 8.78 Å². The van der Waals surface area contributed by atoms with Gasteiger partial charge in [0.15, 0.2) is 5.78 Å². The van der Waals surface area contributed by atoms with Gasteiger partial charge in [-0.1, -0.05) is 30.3 Å². The number of hydrogen-bond acceptors (Lipinski definition) is 4. The lowest BCUT2D eigenvalue weighted by atomic mass is 9.85. The molecule has 7 heteroatoms. The first kappa shape index (κ1) is 27.1. The van der Waals surface area contributed by atoms with Crippen LogP contribution in [0.15, 0.2) is 77.7 Å². The maximum absolute atomic E-state index is 14.1. The summed E-state index contributed by atoms with van der Waals surface area (Å²) in [5.41, 5.74) is 5.93. The standard InChI is InChI=1S/C33H28F2N2O3/c1-19-11-24-8-9-25(31(24)37-33(19)40)16-29(39)17-26(12-21-13-27(34)18-28(35)14-21)32-30(7-4-10-36-32)23-6-3-5-22(15-23)20(2)38/h3-7,9-11,13-15,18,26H,8,12,16-17H2,1-2H3,(H,37,40)/t26-/m1/s1. The van der Waals surface area contributed by atoms with Gasteiger partial charge < -0.3 is 4.98 Å². The summed E-state index contributed by atoms with van der Waals surface area (Å²) in [4.78, 5) is 45.3. The number of carbonyl (C=O) groups is 2. The number of pyridine rings is 2. The van der Waals surface area contributed by atoms with Crippen molar-refractivity contribution in [3.63, 3.8) is 0 Å². The Kier molecular flexibility index (Phi) is 7.65. The summed E-state index contributed by atoms with van der Waals surface area (Å²) in [6.45, 7) is 3.24. The lowest BCUT2D eigenvalue weighted by Crippen LogP contribution is -2.15. The molecule has 1 N–H and O–H groups in total. The van der Waals surface area contributed by atoms with Crippen molar-refractivity contribution in [2.75, 3.05) is 0 Å². The van der Waals surface area contributed by atoms with Crippen LogP contribution in [0.25, 0.3) is 16.7 Å². The van der Waals surface area contributed by atoms with Gasteiger partial charge in [0.05, 0.1) is 5.69 Å². The third-order valence-electron chi connectivity index (χ3n) is 7.27. The Morgan fingerprint density at radius 3 is 2.55 bits per heavy atom. The summed E-state index contributed by atoms with van der Waals surface area (Å²) in [5.74, 6) is -2.04. The third kappa shape index (κ3) is 5.88. The quantitative estimate of drug-likeness (QED) is 0.245. The number of rotatable bonds is 9. The van der Waals surface area contributed by atoms with Crippen molar-refractivity contribution < 1.29 is 18.4 Å². The molecule has 4 aromatic rings. The number of H-pyrrole nitrogens is 1. The lowest BCUT2D eigenvalue weighted by molar-refractivity contribution is -0.118. The summed E-state index contributed by atoms with van der Waals surface area (Å²) in [6, 6.07) is 16.0. The molecule has 0 fully saturated rings. The molecule has 202 valence electrons. The van der Waals surface area contributed by atoms with Gasteiger partial charge in [-0.25, -0.2) is 8.78 Å². The maximum atomic E-state index is 14.1. The van der Waals surface area contributed by atoms with E-state index in [0.717, 1.165) is 28.3 Å². The Hall–Kier alpha value is -4.52. The fourth-order valence-corrected chi connectivity index (χ4v) is 5.37. The Bertz CT molecular complexity index is 1700. The van der Waals surface area contributed by atoms with Gasteiger partial charge in [-0.3, -0.25) is 19.4 Å². The largest absolute Gasteiger partial charge is 0.322 e. The van der Waals surface area contributed by atoms with Gasteiger partial charge in [-0.15, -0.1) is 0 Å². The topological polar surface area (TPSA) is 79.9 Å². The summed E-state index contributed by atoms with van der Waals surface area (Å²) in [7, 11) is 0. The molecular weight excluding hydrogens is 510 g/mol. The number of aromatic amines is 1. The van der Waals surface area contributed by atoms with E-state index in [1.165, 1.54) is 19.1 Å². The number of nitrogens with one attached hydrogen (secondary N) is 1. The number of benzene rings is 2. The first-order valence-electron chi connectivity index (χ1n) is 13.1. The molecule has 0 spiro atoms. The summed E-state index contributed by atoms with van der Waals surface area (Å²) in [5, 5.41) is 0. The molecule has 1 aliphatic rings. The number of allylic oxidation sites excluding steroid dienone is 2. The minimum absolute atomic E-state index is 0.0668. The Morgan fingerprint density at radius 2 is 1.80 bits per heavy atom. The van der Waals surface area contributed by atoms with Gasteiger partial charge in [0.25, 0.3) is 5.56 Å². The molecule has 5 nitrogen and oxygen atoms in total. The number of ketones is 2. The average Bonchev–Trinajstić information content (AvgIpc) is 3.28. The highest BCUT2D eigenvalue weighted by molar-refractivity contribution is 5.95. The molecule has 0 saturated heterocycles. The van der Waals surface area contributed by atoms with Crippen molar-refractivity contribution >= 4 is 17.1 Å². The number of aryl methyl sites for hydroxylation is 1. The van der Waals surface area contributed by atoms with Crippen LogP contribution in [0.5, 0.6) is 0 Å². The molecule has 0 unspecified atom stereocenters. The number of carbonyl (C=O) groups excluding carboxylic acids is 2. The van der Waals surface area contributed by atoms with E-state index < -0.39 is 17.6 Å². The Morgan fingerprint density at radius 1 is 1.02 bits per heavy atom. The van der Waals surface area contributed by atoms with Crippen molar-refractivity contribution in [1.29, 1.82) is 0 Å². The van der Waals surface area contributed by atoms with Crippen LogP contribution in [-0.4, -0.2) is 21.5 Å². The first-order chi connectivity index (χ1) is 19.2. The van der Waals surface area contributed by atoms with Crippen LogP contribution in [0, 0.1) is 18.6 Å². The van der Waals surface area contributed by atoms with E-state index in [0.29, 0.717) is 34.5 Å². The van der Waals surface area contributed by atoms with Gasteiger partial charge in [-0.05, 0) is 79.3 Å². The summed E-state index contributed by atoms with van der Waals surface area (Å²) < 4.78 is 28.2. The molecule has 40 heavy (non-hydrogen) atoms. The monoisotopic (exact) mass is 538 g/mol. The van der Waals surface area contributed by atoms with Crippen LogP contribution in [-0.2, 0) is 17.6 Å². The van der Waals surface area contributed by atoms with Crippen LogP contribution in [0.1, 0.15) is 64.1 Å². The predicted molar refractivity (Wildman–Crippen MR) is 150 cm³/mol. The second-order valence-corrected chi connectivity index (χ2v) is 10.3. The molecule has 0 bridgehead atoms. The highest BCUT2D eigenvalue weighted by atomic mass is 19.1. The second-order valence-electron chi connectivity index (χ2n) is 10.3. The SMILES string of the molecule is CC(=O)c1cccc(-c2cccnc2[C@@H](CC(=O)CC2=CCc3cc(C)c(=O)[nH]c32)Cc2cc(F)cc(F)c2)c1. The molecule has 0 saturated carbocycles. The molecule has 0 aliphatic heterocycles. The van der Waals surface area contributed by atoms with Crippen molar-refractivity contribution in [2.24, 2.45) is 0 Å². The fraction of sp³-hybridized carbons (Fsp3) is 0.212. The zero-order valence-electron chi connectivity index (χ0n) is 22.3. The van der Waals surface area contributed by atoms with Crippen molar-refractivity contribution in [2.45, 2.75) is 45.4 Å². The highest BCUT2D eigenvalue weighted by Gasteiger charge is 2.25. The van der Waals surface area contributed by atoms with Crippen LogP contribution < -0.4 is 5.56 Å². The maximum Gasteiger partial charge on any atom is 0.251 e. The number of aromatic nitrogens is 2. The zero-order chi connectivity index (χ0) is 28.4. The van der Waals surface area contributed by atoms with Gasteiger partial charge in [0.2, 0.25) is 0 Å². The summed E-state index contributed by atoms with van der Waals surface area (Å²) >= 11 is 0. The molecule has 0 amide bonds. The van der Waals surface area contributed by atoms with E-state index in [1.54, 1.807) is 37.4 Å². The molecule has 2 aromatic carbocycles. The second kappa shape index (κ2) is 11.3. The average molecular weight is 539 g/mol. The molecule has 1 aliphatic carbocycles. The van der Waals surface area contributed by atoms with Gasteiger partial charge in [0.1, 0.15) is 17.4 Å². The first-order valence-corrected chi connectivity index (χ1v) is 13.1. The van der Waals surface area contributed by atoms with Gasteiger partial charge in [0, 0.05) is 53.4 Å². The Labute approximate surface area is 230 Å². The van der Waals surface area contributed by atoms with E-state index in [4.69, 9.17) is 0 Å². The predicted octanol–water partition coefficient (Wildman–Crippen LogP) is 6.54. The molecule has 5 rings (SSSR count). The van der Waals surface area contributed by atoms with E-state index in [9.17, 15) is 23.2 Å². The van der Waals surface area contributed by atoms with E-state index >= 15 is 0 Å². The molecule has 2 heterocycles. The minimum atomic E-state index is -0.692. The molecular formula is C33H28F2N2O3. The summed E-state index contributed by atoms with van der Waals surface area (Å²) in [6.07, 6.45) is 4.58. The fourth-order valence-electron chi connectivity index (χ4n) is 5.37. The van der Waals surface area contributed by atoms with Gasteiger partial charge in [-0.2, -0.15) is 0 Å². The van der Waals surface area contributed by atoms with Gasteiger partial charge >= 0.3 is 0 Å².